The molecule has 97 heavy (non-hydrogen) atoms. The number of fused-ring (bicyclic) bond motifs is 4. The summed E-state index contributed by atoms with van der Waals surface area (Å²) in [6.45, 7) is 23.0. The first-order valence-electron chi connectivity index (χ1n) is 32.8. The molecular weight excluding hydrogens is 1260 g/mol. The molecule has 0 saturated carbocycles. The van der Waals surface area contributed by atoms with Crippen LogP contribution in [0.3, 0.4) is 0 Å². The van der Waals surface area contributed by atoms with Gasteiger partial charge in [-0.3, -0.25) is 28.5 Å². The van der Waals surface area contributed by atoms with Crippen molar-refractivity contribution in [2.45, 2.75) is 104 Å². The summed E-state index contributed by atoms with van der Waals surface area (Å²) in [5, 5.41) is 52.5. The first-order chi connectivity index (χ1) is 46.0. The molecule has 18 nitrogen and oxygen atoms in total. The minimum atomic E-state index is -4.28. The van der Waals surface area contributed by atoms with Crippen LogP contribution in [0.2, 0.25) is 0 Å². The van der Waals surface area contributed by atoms with Gasteiger partial charge >= 0.3 is 14.2 Å². The molecule has 0 radical (unpaired) electrons. The van der Waals surface area contributed by atoms with Crippen LogP contribution >= 0.6 is 0 Å². The Morgan fingerprint density at radius 2 is 1.07 bits per heavy atom. The van der Waals surface area contributed by atoms with E-state index in [4.69, 9.17) is 0 Å². The van der Waals surface area contributed by atoms with Crippen LogP contribution in [-0.4, -0.2) is 143 Å². The minimum Gasteiger partial charge on any atom is -0.423 e. The van der Waals surface area contributed by atoms with E-state index in [-0.39, 0.29) is 37.7 Å². The number of hydrogen-bond donors (Lipinski definition) is 8. The van der Waals surface area contributed by atoms with Gasteiger partial charge in [0.1, 0.15) is 6.54 Å². The second-order valence-electron chi connectivity index (χ2n) is 26.4. The van der Waals surface area contributed by atoms with Crippen molar-refractivity contribution >= 4 is 101 Å². The van der Waals surface area contributed by atoms with Crippen LogP contribution in [0, 0.1) is 0 Å². The summed E-state index contributed by atoms with van der Waals surface area (Å²) in [4.78, 5) is 32.2. The fourth-order valence-corrected chi connectivity index (χ4v) is 14.6. The summed E-state index contributed by atoms with van der Waals surface area (Å²) >= 11 is 0. The van der Waals surface area contributed by atoms with Gasteiger partial charge in [0.15, 0.2) is 5.71 Å². The third-order valence-corrected chi connectivity index (χ3v) is 20.1. The van der Waals surface area contributed by atoms with Gasteiger partial charge in [-0.2, -0.15) is 21.4 Å². The lowest BCUT2D eigenvalue weighted by Gasteiger charge is -2.29. The van der Waals surface area contributed by atoms with E-state index in [1.54, 1.807) is 38.1 Å². The number of amides is 2. The maximum atomic E-state index is 12.8. The van der Waals surface area contributed by atoms with Crippen LogP contribution in [0.15, 0.2) is 194 Å². The molecule has 0 atom stereocenters. The zero-order valence-corrected chi connectivity index (χ0v) is 57.8. The Morgan fingerprint density at radius 1 is 0.588 bits per heavy atom. The lowest BCUT2D eigenvalue weighted by Crippen LogP contribution is -2.36. The van der Waals surface area contributed by atoms with Gasteiger partial charge in [0.05, 0.1) is 16.9 Å². The first kappa shape index (κ1) is 73.1. The van der Waals surface area contributed by atoms with Crippen molar-refractivity contribution in [1.82, 2.24) is 20.4 Å². The molecule has 7 aromatic carbocycles. The highest BCUT2D eigenvalue weighted by Crippen LogP contribution is 2.48. The molecule has 7 aromatic rings. The highest BCUT2D eigenvalue weighted by Gasteiger charge is 2.44. The first-order valence-corrected chi connectivity index (χ1v) is 36.0. The van der Waals surface area contributed by atoms with E-state index < -0.39 is 56.8 Å². The second kappa shape index (κ2) is 31.6. The quantitative estimate of drug-likeness (QED) is 0.00373. The van der Waals surface area contributed by atoms with Crippen molar-refractivity contribution in [3.8, 4) is 0 Å². The Kier molecular flexibility index (Phi) is 23.8. The van der Waals surface area contributed by atoms with Gasteiger partial charge in [-0.15, -0.1) is 0 Å². The van der Waals surface area contributed by atoms with Crippen LogP contribution < -0.4 is 26.5 Å². The fourth-order valence-electron chi connectivity index (χ4n) is 13.6. The Labute approximate surface area is 571 Å². The van der Waals surface area contributed by atoms with Crippen LogP contribution in [0.25, 0.3) is 27.1 Å². The molecule has 9 rings (SSSR count). The monoisotopic (exact) mass is 1350 g/mol. The predicted molar refractivity (Wildman–Crippen MR) is 390 cm³/mol. The van der Waals surface area contributed by atoms with Crippen LogP contribution in [-0.2, 0) is 66.8 Å². The normalized spacial score (nSPS) is 14.9. The fraction of sp³-hybridized carbons (Fsp3) is 0.320. The van der Waals surface area contributed by atoms with E-state index >= 15 is 0 Å². The molecule has 0 bridgehead atoms. The molecule has 0 fully saturated rings. The molecule has 508 valence electrons. The third-order valence-electron chi connectivity index (χ3n) is 18.5. The highest BCUT2D eigenvalue weighted by atomic mass is 32.2. The third kappa shape index (κ3) is 18.0. The van der Waals surface area contributed by atoms with Gasteiger partial charge in [-0.05, 0) is 143 Å². The van der Waals surface area contributed by atoms with E-state index in [0.717, 1.165) is 77.7 Å². The summed E-state index contributed by atoms with van der Waals surface area (Å²) in [7, 11) is -12.0. The Bertz CT molecular complexity index is 4490. The maximum Gasteiger partial charge on any atom is 0.488 e. The number of carbonyl (C=O) groups excluding carboxylic acids is 2. The van der Waals surface area contributed by atoms with E-state index in [1.165, 1.54) is 0 Å². The number of rotatable bonds is 32. The van der Waals surface area contributed by atoms with Gasteiger partial charge in [0.2, 0.25) is 17.5 Å². The van der Waals surface area contributed by atoms with Crippen LogP contribution in [0.5, 0.6) is 0 Å². The molecule has 2 amide bonds. The standard InChI is InChI=1S/C75H88B2N6O12S2/c1-52(2)72(84)78-39-19-41-80(48-56-23-9-15-29-66(56)76(86)87)50-62-58-25-11-12-26-59(58)63(51-81(42-20-40-79-73(85)53(3)4)49-57-24-10-16-30-67(57)77(88)89)61-47-55(33-36-60(61)62)54(34-37-70-74(5,6)64-27-13-17-31-68(64)82(70)43-21-45-96(90,91)92)35-38-71-75(7,8)65-28-14-18-32-69(65)83(71)44-22-46-97(93,94)95/h9-18,23-38,47,86-89H,1,3,19-22,39-46,48-51H2,2,4-8H3,(H3-,78,79,84,85,90,91,92,93,94,95)/p+1. The maximum absolute atomic E-state index is 12.8. The van der Waals surface area contributed by atoms with Crippen molar-refractivity contribution in [2.75, 3.05) is 55.7 Å². The predicted octanol–water partition coefficient (Wildman–Crippen LogP) is 8.78. The van der Waals surface area contributed by atoms with Crippen molar-refractivity contribution in [1.29, 1.82) is 0 Å². The van der Waals surface area contributed by atoms with E-state index in [1.807, 2.05) is 72.8 Å². The van der Waals surface area contributed by atoms with Gasteiger partial charge < -0.3 is 35.6 Å². The smallest absolute Gasteiger partial charge is 0.423 e. The number of nitrogens with one attached hydrogen (secondary N) is 2. The van der Waals surface area contributed by atoms with Crippen molar-refractivity contribution in [2.24, 2.45) is 0 Å². The SMILES string of the molecule is C=C(C)C(=O)NCCCN(Cc1ccccc1B(O)O)Cc1c2ccccc2c(CN(CCCNC(=O)C(=C)C)Cc2ccccc2B(O)O)c2cc(C(C=CC3=[N+](CCCS(=O)(=O)O)c4ccccc4C3(C)C)=CC=C3N(CCCS(=O)(=O)O)c4ccccc4C3(C)C)ccc12. The number of para-hydroxylation sites is 2. The lowest BCUT2D eigenvalue weighted by atomic mass is 9.77. The Hall–Kier alpha value is -8.12. The topological polar surface area (TPSA) is 261 Å². The Morgan fingerprint density at radius 3 is 1.62 bits per heavy atom. The van der Waals surface area contributed by atoms with Crippen LogP contribution in [0.1, 0.15) is 106 Å². The Balaban J connectivity index is 1.30. The summed E-state index contributed by atoms with van der Waals surface area (Å²) in [5.74, 6) is -1.37. The number of anilines is 1. The molecule has 2 aliphatic heterocycles. The molecule has 0 spiro atoms. The molecule has 0 saturated heterocycles. The lowest BCUT2D eigenvalue weighted by molar-refractivity contribution is -0.437. The van der Waals surface area contributed by atoms with E-state index in [0.29, 0.717) is 98.4 Å². The average Bonchev–Trinajstić information content (AvgIpc) is 1.70. The molecule has 2 heterocycles. The number of allylic oxidation sites excluding steroid dienone is 6. The molecule has 0 aromatic heterocycles. The summed E-state index contributed by atoms with van der Waals surface area (Å²) < 4.78 is 70.7. The van der Waals surface area contributed by atoms with E-state index in [9.17, 15) is 55.6 Å². The summed E-state index contributed by atoms with van der Waals surface area (Å²) in [5.41, 5.74) is 10.9. The molecule has 22 heteroatoms. The molecule has 0 aliphatic carbocycles. The van der Waals surface area contributed by atoms with Crippen molar-refractivity contribution in [3.05, 3.63) is 233 Å². The second-order valence-corrected chi connectivity index (χ2v) is 29.5. The van der Waals surface area contributed by atoms with E-state index in [2.05, 4.69) is 138 Å². The molecular formula is C75H89B2N6O12S2+. The van der Waals surface area contributed by atoms with Gasteiger partial charge in [-0.1, -0.05) is 154 Å². The van der Waals surface area contributed by atoms with Crippen molar-refractivity contribution < 1.29 is 60.2 Å². The van der Waals surface area contributed by atoms with Gasteiger partial charge in [0, 0.05) is 111 Å². The summed E-state index contributed by atoms with van der Waals surface area (Å²) in [6.07, 6.45) is 9.65. The zero-order valence-electron chi connectivity index (χ0n) is 56.2. The zero-order chi connectivity index (χ0) is 70.0. The van der Waals surface area contributed by atoms with Crippen LogP contribution in [0.4, 0.5) is 11.4 Å². The van der Waals surface area contributed by atoms with Gasteiger partial charge in [-0.25, -0.2) is 0 Å². The van der Waals surface area contributed by atoms with Gasteiger partial charge in [0.25, 0.3) is 20.2 Å². The minimum absolute atomic E-state index is 0.146. The average molecular weight is 1350 g/mol. The summed E-state index contributed by atoms with van der Waals surface area (Å²) in [6, 6.07) is 45.1. The molecule has 8 N–H and O–H groups in total. The largest absolute Gasteiger partial charge is 0.488 e. The van der Waals surface area contributed by atoms with Crippen molar-refractivity contribution in [3.63, 3.8) is 0 Å². The molecule has 0 unspecified atom stereocenters. The number of nitrogens with zero attached hydrogens (tertiary/aromatic N) is 4. The highest BCUT2D eigenvalue weighted by molar-refractivity contribution is 7.86. The number of carbonyl (C=O) groups is 2. The number of benzene rings is 7. The molecule has 2 aliphatic rings. The number of hydrogen-bond acceptors (Lipinski definition) is 13.